The van der Waals surface area contributed by atoms with Crippen LogP contribution in [0.25, 0.3) is 11.3 Å². The van der Waals surface area contributed by atoms with Crippen molar-refractivity contribution >= 4 is 17.5 Å². The van der Waals surface area contributed by atoms with Gasteiger partial charge in [-0.1, -0.05) is 41.9 Å². The first-order valence-corrected chi connectivity index (χ1v) is 6.05. The Hall–Kier alpha value is -1.61. The molecule has 0 unspecified atom stereocenters. The molecule has 17 heavy (non-hydrogen) atoms. The number of nitrogens with zero attached hydrogens (tertiary/aromatic N) is 2. The molecule has 86 valence electrons. The fraction of sp³-hybridized carbons (Fsp3) is 0.231. The molecule has 0 radical (unpaired) electrons. The number of nitrogens with one attached hydrogen (secondary N) is 1. The van der Waals surface area contributed by atoms with E-state index < -0.39 is 0 Å². The van der Waals surface area contributed by atoms with Gasteiger partial charge < -0.3 is 5.32 Å². The van der Waals surface area contributed by atoms with Gasteiger partial charge in [-0.3, -0.25) is 0 Å². The number of aromatic nitrogens is 2. The molecule has 1 aliphatic rings. The van der Waals surface area contributed by atoms with Crippen LogP contribution in [0, 0.1) is 0 Å². The van der Waals surface area contributed by atoms with Gasteiger partial charge in [0.05, 0.1) is 5.69 Å². The molecule has 0 atom stereocenters. The lowest BCUT2D eigenvalue weighted by molar-refractivity contribution is 1.06. The summed E-state index contributed by atoms with van der Waals surface area (Å²) in [6.07, 6.45) is 2.38. The summed E-state index contributed by atoms with van der Waals surface area (Å²) in [6.45, 7) is 0. The molecule has 1 aliphatic carbocycles. The Bertz CT molecular complexity index is 523. The van der Waals surface area contributed by atoms with Crippen molar-refractivity contribution < 1.29 is 0 Å². The molecule has 0 bridgehead atoms. The zero-order valence-electron chi connectivity index (χ0n) is 9.23. The third kappa shape index (κ3) is 2.56. The van der Waals surface area contributed by atoms with Gasteiger partial charge in [-0.15, -0.1) is 0 Å². The van der Waals surface area contributed by atoms with Crippen molar-refractivity contribution in [3.05, 3.63) is 41.6 Å². The molecule has 1 aromatic carbocycles. The highest BCUT2D eigenvalue weighted by Gasteiger charge is 2.22. The first kappa shape index (κ1) is 10.5. The van der Waals surface area contributed by atoms with Crippen LogP contribution in [0.1, 0.15) is 12.8 Å². The molecule has 1 fully saturated rings. The zero-order valence-corrected chi connectivity index (χ0v) is 9.98. The van der Waals surface area contributed by atoms with Crippen LogP contribution in [0.3, 0.4) is 0 Å². The number of hydrogen-bond donors (Lipinski definition) is 1. The van der Waals surface area contributed by atoms with E-state index >= 15 is 0 Å². The minimum Gasteiger partial charge on any atom is -0.351 e. The second-order valence-corrected chi connectivity index (χ2v) is 4.57. The van der Waals surface area contributed by atoms with E-state index in [9.17, 15) is 0 Å². The van der Waals surface area contributed by atoms with Crippen molar-refractivity contribution in [2.75, 3.05) is 5.32 Å². The van der Waals surface area contributed by atoms with Gasteiger partial charge in [-0.25, -0.2) is 9.97 Å². The van der Waals surface area contributed by atoms with Gasteiger partial charge in [-0.05, 0) is 12.8 Å². The number of benzene rings is 1. The Kier molecular flexibility index (Phi) is 2.69. The van der Waals surface area contributed by atoms with E-state index in [1.165, 1.54) is 12.8 Å². The molecule has 3 rings (SSSR count). The Morgan fingerprint density at radius 1 is 1.12 bits per heavy atom. The fourth-order valence-electron chi connectivity index (χ4n) is 1.65. The van der Waals surface area contributed by atoms with Gasteiger partial charge in [0, 0.05) is 17.7 Å². The quantitative estimate of drug-likeness (QED) is 0.843. The molecule has 1 saturated carbocycles. The van der Waals surface area contributed by atoms with Crippen LogP contribution in [0.15, 0.2) is 36.4 Å². The van der Waals surface area contributed by atoms with Crippen molar-refractivity contribution in [3.63, 3.8) is 0 Å². The molecular weight excluding hydrogens is 234 g/mol. The number of halogens is 1. The van der Waals surface area contributed by atoms with Gasteiger partial charge in [0.2, 0.25) is 5.95 Å². The van der Waals surface area contributed by atoms with Crippen molar-refractivity contribution in [1.82, 2.24) is 9.97 Å². The van der Waals surface area contributed by atoms with Crippen LogP contribution in [0.4, 0.5) is 5.95 Å². The van der Waals surface area contributed by atoms with E-state index in [2.05, 4.69) is 15.3 Å². The number of rotatable bonds is 3. The van der Waals surface area contributed by atoms with Gasteiger partial charge in [0.15, 0.2) is 0 Å². The van der Waals surface area contributed by atoms with Crippen LogP contribution in [-0.4, -0.2) is 16.0 Å². The average Bonchev–Trinajstić information content (AvgIpc) is 3.13. The standard InChI is InChI=1S/C13H12ClN3/c14-12-8-11(9-4-2-1-3-5-9)16-13(17-12)15-10-6-7-10/h1-5,8,10H,6-7H2,(H,15,16,17). The maximum Gasteiger partial charge on any atom is 0.224 e. The van der Waals surface area contributed by atoms with Gasteiger partial charge >= 0.3 is 0 Å². The van der Waals surface area contributed by atoms with Crippen LogP contribution in [0.5, 0.6) is 0 Å². The first-order chi connectivity index (χ1) is 8.31. The lowest BCUT2D eigenvalue weighted by Crippen LogP contribution is -2.05. The molecule has 0 saturated heterocycles. The molecular formula is C13H12ClN3. The van der Waals surface area contributed by atoms with E-state index in [0.29, 0.717) is 17.1 Å². The molecule has 1 aromatic heterocycles. The summed E-state index contributed by atoms with van der Waals surface area (Å²) in [7, 11) is 0. The average molecular weight is 246 g/mol. The largest absolute Gasteiger partial charge is 0.351 e. The smallest absolute Gasteiger partial charge is 0.224 e. The maximum atomic E-state index is 6.01. The van der Waals surface area contributed by atoms with Crippen LogP contribution >= 0.6 is 11.6 Å². The second kappa shape index (κ2) is 4.34. The van der Waals surface area contributed by atoms with Crippen LogP contribution in [-0.2, 0) is 0 Å². The van der Waals surface area contributed by atoms with Crippen LogP contribution < -0.4 is 5.32 Å². The molecule has 1 N–H and O–H groups in total. The third-order valence-corrected chi connectivity index (χ3v) is 2.87. The first-order valence-electron chi connectivity index (χ1n) is 5.68. The number of hydrogen-bond acceptors (Lipinski definition) is 3. The highest BCUT2D eigenvalue weighted by molar-refractivity contribution is 6.29. The van der Waals surface area contributed by atoms with Crippen LogP contribution in [0.2, 0.25) is 5.15 Å². The fourth-order valence-corrected chi connectivity index (χ4v) is 1.83. The predicted molar refractivity (Wildman–Crippen MR) is 69.1 cm³/mol. The summed E-state index contributed by atoms with van der Waals surface area (Å²) in [5.41, 5.74) is 1.91. The lowest BCUT2D eigenvalue weighted by Gasteiger charge is -2.06. The SMILES string of the molecule is Clc1cc(-c2ccccc2)nc(NC2CC2)n1. The Balaban J connectivity index is 1.95. The monoisotopic (exact) mass is 245 g/mol. The summed E-state index contributed by atoms with van der Waals surface area (Å²) in [5.74, 6) is 0.624. The van der Waals surface area contributed by atoms with Gasteiger partial charge in [0.1, 0.15) is 5.15 Å². The Labute approximate surface area is 105 Å². The van der Waals surface area contributed by atoms with Crippen molar-refractivity contribution in [3.8, 4) is 11.3 Å². The van der Waals surface area contributed by atoms with E-state index in [1.807, 2.05) is 30.3 Å². The summed E-state index contributed by atoms with van der Waals surface area (Å²) in [6, 6.07) is 12.3. The molecule has 4 heteroatoms. The van der Waals surface area contributed by atoms with E-state index in [-0.39, 0.29) is 0 Å². The summed E-state index contributed by atoms with van der Waals surface area (Å²) in [4.78, 5) is 8.66. The predicted octanol–water partition coefficient (Wildman–Crippen LogP) is 3.37. The second-order valence-electron chi connectivity index (χ2n) is 4.18. The molecule has 3 nitrogen and oxygen atoms in total. The van der Waals surface area contributed by atoms with E-state index in [1.54, 1.807) is 6.07 Å². The molecule has 0 aliphatic heterocycles. The zero-order chi connectivity index (χ0) is 11.7. The van der Waals surface area contributed by atoms with Gasteiger partial charge in [-0.2, -0.15) is 0 Å². The minimum absolute atomic E-state index is 0.474. The Morgan fingerprint density at radius 3 is 2.59 bits per heavy atom. The maximum absolute atomic E-state index is 6.01. The van der Waals surface area contributed by atoms with E-state index in [4.69, 9.17) is 11.6 Å². The third-order valence-electron chi connectivity index (χ3n) is 2.68. The highest BCUT2D eigenvalue weighted by atomic mass is 35.5. The minimum atomic E-state index is 0.474. The normalized spacial score (nSPS) is 14.6. The molecule has 2 aromatic rings. The van der Waals surface area contributed by atoms with Crippen molar-refractivity contribution in [2.45, 2.75) is 18.9 Å². The highest BCUT2D eigenvalue weighted by Crippen LogP contribution is 2.26. The molecule has 1 heterocycles. The van der Waals surface area contributed by atoms with E-state index in [0.717, 1.165) is 11.3 Å². The Morgan fingerprint density at radius 2 is 1.88 bits per heavy atom. The number of anilines is 1. The van der Waals surface area contributed by atoms with Crippen molar-refractivity contribution in [1.29, 1.82) is 0 Å². The topological polar surface area (TPSA) is 37.8 Å². The molecule has 0 spiro atoms. The summed E-state index contributed by atoms with van der Waals surface area (Å²) in [5, 5.41) is 3.73. The van der Waals surface area contributed by atoms with Crippen molar-refractivity contribution in [2.24, 2.45) is 0 Å². The molecule has 0 amide bonds. The summed E-state index contributed by atoms with van der Waals surface area (Å²) >= 11 is 6.01. The lowest BCUT2D eigenvalue weighted by atomic mass is 10.1. The van der Waals surface area contributed by atoms with Gasteiger partial charge in [0.25, 0.3) is 0 Å². The summed E-state index contributed by atoms with van der Waals surface area (Å²) < 4.78 is 0.